The first-order valence-corrected chi connectivity index (χ1v) is 4.20. The fourth-order valence-electron chi connectivity index (χ4n) is 0.922. The lowest BCUT2D eigenvalue weighted by Crippen LogP contribution is -2.44. The van der Waals surface area contributed by atoms with Crippen LogP contribution in [0.15, 0.2) is 0 Å². The molecule has 0 unspecified atom stereocenters. The van der Waals surface area contributed by atoms with E-state index < -0.39 is 0 Å². The molecule has 0 amide bonds. The summed E-state index contributed by atoms with van der Waals surface area (Å²) in [6, 6.07) is 0. The quantitative estimate of drug-likeness (QED) is 0.541. The van der Waals surface area contributed by atoms with Crippen molar-refractivity contribution in [2.75, 3.05) is 26.3 Å². The van der Waals surface area contributed by atoms with Crippen molar-refractivity contribution in [2.45, 2.75) is 0 Å². The Balaban J connectivity index is 2.45. The van der Waals surface area contributed by atoms with Gasteiger partial charge in [-0.1, -0.05) is 24.4 Å². The van der Waals surface area contributed by atoms with E-state index in [1.807, 2.05) is 4.90 Å². The standard InChI is InChI=1S/C6H10N2OS2/c7-5(10)6(11)8-1-3-9-4-2-8/h1-4H2,(H2,7,10). The van der Waals surface area contributed by atoms with Crippen LogP contribution in [-0.4, -0.2) is 41.2 Å². The van der Waals surface area contributed by atoms with Crippen LogP contribution >= 0.6 is 24.4 Å². The van der Waals surface area contributed by atoms with Gasteiger partial charge in [0.25, 0.3) is 0 Å². The molecule has 0 aromatic rings. The zero-order valence-corrected chi connectivity index (χ0v) is 7.71. The zero-order valence-electron chi connectivity index (χ0n) is 6.08. The van der Waals surface area contributed by atoms with Gasteiger partial charge in [-0.05, 0) is 0 Å². The highest BCUT2D eigenvalue weighted by atomic mass is 32.1. The molecule has 1 rings (SSSR count). The monoisotopic (exact) mass is 190 g/mol. The second-order valence-corrected chi connectivity index (χ2v) is 3.10. The zero-order chi connectivity index (χ0) is 8.27. The third-order valence-electron chi connectivity index (χ3n) is 1.51. The van der Waals surface area contributed by atoms with Gasteiger partial charge in [0.2, 0.25) is 0 Å². The summed E-state index contributed by atoms with van der Waals surface area (Å²) in [5, 5.41) is 0. The molecule has 0 aromatic heterocycles. The number of thiocarbonyl (C=S) groups is 2. The van der Waals surface area contributed by atoms with Gasteiger partial charge in [-0.2, -0.15) is 0 Å². The van der Waals surface area contributed by atoms with Crippen LogP contribution in [0.5, 0.6) is 0 Å². The number of morpholine rings is 1. The van der Waals surface area contributed by atoms with Gasteiger partial charge in [-0.3, -0.25) is 0 Å². The van der Waals surface area contributed by atoms with Crippen LogP contribution in [0.1, 0.15) is 0 Å². The van der Waals surface area contributed by atoms with Crippen LogP contribution in [0.2, 0.25) is 0 Å². The number of nitrogens with zero attached hydrogens (tertiary/aromatic N) is 1. The molecule has 0 radical (unpaired) electrons. The molecule has 0 saturated carbocycles. The van der Waals surface area contributed by atoms with Crippen LogP contribution in [0.25, 0.3) is 0 Å². The van der Waals surface area contributed by atoms with Crippen LogP contribution in [0.3, 0.4) is 0 Å². The minimum Gasteiger partial charge on any atom is -0.388 e. The lowest BCUT2D eigenvalue weighted by molar-refractivity contribution is 0.0698. The maximum atomic E-state index is 5.37. The van der Waals surface area contributed by atoms with E-state index in [1.165, 1.54) is 0 Å². The van der Waals surface area contributed by atoms with Crippen molar-refractivity contribution in [3.8, 4) is 0 Å². The summed E-state index contributed by atoms with van der Waals surface area (Å²) in [6.07, 6.45) is 0. The van der Waals surface area contributed by atoms with Crippen LogP contribution in [-0.2, 0) is 4.74 Å². The number of hydrogen-bond donors (Lipinski definition) is 1. The Bertz CT molecular complexity index is 177. The third kappa shape index (κ3) is 2.36. The molecule has 0 aromatic carbocycles. The lowest BCUT2D eigenvalue weighted by atomic mass is 10.4. The Hall–Kier alpha value is -0.260. The molecule has 11 heavy (non-hydrogen) atoms. The van der Waals surface area contributed by atoms with Crippen LogP contribution in [0, 0.1) is 0 Å². The molecule has 1 heterocycles. The number of rotatable bonds is 0. The van der Waals surface area contributed by atoms with Gasteiger partial charge >= 0.3 is 0 Å². The van der Waals surface area contributed by atoms with Gasteiger partial charge in [0.1, 0.15) is 9.98 Å². The Labute approximate surface area is 76.5 Å². The van der Waals surface area contributed by atoms with Gasteiger partial charge in [0.05, 0.1) is 13.2 Å². The second-order valence-electron chi connectivity index (χ2n) is 2.27. The smallest absolute Gasteiger partial charge is 0.136 e. The van der Waals surface area contributed by atoms with Gasteiger partial charge in [0, 0.05) is 13.1 Å². The molecule has 0 bridgehead atoms. The molecule has 0 atom stereocenters. The van der Waals surface area contributed by atoms with Gasteiger partial charge < -0.3 is 15.4 Å². The molecule has 1 aliphatic heterocycles. The molecular formula is C6H10N2OS2. The topological polar surface area (TPSA) is 38.5 Å². The normalized spacial score (nSPS) is 18.0. The van der Waals surface area contributed by atoms with Crippen molar-refractivity contribution in [1.29, 1.82) is 0 Å². The lowest BCUT2D eigenvalue weighted by Gasteiger charge is -2.28. The Morgan fingerprint density at radius 1 is 1.27 bits per heavy atom. The van der Waals surface area contributed by atoms with Crippen LogP contribution < -0.4 is 5.73 Å². The van der Waals surface area contributed by atoms with E-state index in [2.05, 4.69) is 0 Å². The number of hydrogen-bond acceptors (Lipinski definition) is 3. The maximum absolute atomic E-state index is 5.37. The predicted molar refractivity (Wildman–Crippen MR) is 51.8 cm³/mol. The van der Waals surface area contributed by atoms with Gasteiger partial charge in [-0.25, -0.2) is 0 Å². The first-order chi connectivity index (χ1) is 5.22. The minimum absolute atomic E-state index is 0.307. The third-order valence-corrected chi connectivity index (χ3v) is 2.31. The highest BCUT2D eigenvalue weighted by molar-refractivity contribution is 7.89. The molecule has 1 aliphatic rings. The number of nitrogens with two attached hydrogens (primary N) is 1. The Morgan fingerprint density at radius 2 is 1.82 bits per heavy atom. The Kier molecular flexibility index (Phi) is 3.16. The first kappa shape index (κ1) is 8.83. The average Bonchev–Trinajstić information content (AvgIpc) is 2.05. The largest absolute Gasteiger partial charge is 0.388 e. The fraction of sp³-hybridized carbons (Fsp3) is 0.667. The van der Waals surface area contributed by atoms with E-state index in [9.17, 15) is 0 Å². The van der Waals surface area contributed by atoms with Crippen molar-refractivity contribution in [3.63, 3.8) is 0 Å². The van der Waals surface area contributed by atoms with Gasteiger partial charge in [0.15, 0.2) is 0 Å². The SMILES string of the molecule is NC(=S)C(=S)N1CCOCC1. The van der Waals surface area contributed by atoms with Crippen molar-refractivity contribution in [1.82, 2.24) is 4.90 Å². The van der Waals surface area contributed by atoms with E-state index >= 15 is 0 Å². The number of ether oxygens (including phenoxy) is 1. The molecule has 0 spiro atoms. The Morgan fingerprint density at radius 3 is 2.27 bits per heavy atom. The molecule has 5 heteroatoms. The summed E-state index contributed by atoms with van der Waals surface area (Å²) in [4.78, 5) is 2.87. The minimum atomic E-state index is 0.307. The van der Waals surface area contributed by atoms with E-state index in [4.69, 9.17) is 34.9 Å². The molecule has 0 aliphatic carbocycles. The fourth-order valence-corrected chi connectivity index (χ4v) is 1.23. The van der Waals surface area contributed by atoms with E-state index in [-0.39, 0.29) is 0 Å². The average molecular weight is 190 g/mol. The van der Waals surface area contributed by atoms with Crippen molar-refractivity contribution < 1.29 is 4.74 Å². The van der Waals surface area contributed by atoms with E-state index in [0.717, 1.165) is 13.1 Å². The van der Waals surface area contributed by atoms with E-state index in [1.54, 1.807) is 0 Å². The maximum Gasteiger partial charge on any atom is 0.136 e. The summed E-state index contributed by atoms with van der Waals surface area (Å²) in [7, 11) is 0. The van der Waals surface area contributed by atoms with E-state index in [0.29, 0.717) is 23.2 Å². The molecule has 3 nitrogen and oxygen atoms in total. The van der Waals surface area contributed by atoms with Crippen molar-refractivity contribution >= 4 is 34.4 Å². The molecule has 1 fully saturated rings. The molecule has 1 saturated heterocycles. The van der Waals surface area contributed by atoms with Crippen molar-refractivity contribution in [3.05, 3.63) is 0 Å². The molecule has 62 valence electrons. The van der Waals surface area contributed by atoms with Crippen LogP contribution in [0.4, 0.5) is 0 Å². The highest BCUT2D eigenvalue weighted by Gasteiger charge is 2.14. The highest BCUT2D eigenvalue weighted by Crippen LogP contribution is 1.98. The summed E-state index contributed by atoms with van der Waals surface area (Å²) in [6.45, 7) is 3.03. The summed E-state index contributed by atoms with van der Waals surface area (Å²) < 4.78 is 5.14. The summed E-state index contributed by atoms with van der Waals surface area (Å²) in [5.41, 5.74) is 5.37. The van der Waals surface area contributed by atoms with Crippen molar-refractivity contribution in [2.24, 2.45) is 5.73 Å². The van der Waals surface area contributed by atoms with Gasteiger partial charge in [-0.15, -0.1) is 0 Å². The molecular weight excluding hydrogens is 180 g/mol. The first-order valence-electron chi connectivity index (χ1n) is 3.38. The second kappa shape index (κ2) is 3.94. The summed E-state index contributed by atoms with van der Waals surface area (Å²) >= 11 is 9.76. The summed E-state index contributed by atoms with van der Waals surface area (Å²) in [5.74, 6) is 0. The molecule has 2 N–H and O–H groups in total. The predicted octanol–water partition coefficient (Wildman–Crippen LogP) is -0.0679.